The van der Waals surface area contributed by atoms with Gasteiger partial charge in [-0.1, -0.05) is 6.92 Å². The number of carbonyl (C=O) groups excluding carboxylic acids is 1. The molecule has 0 aliphatic carbocycles. The first kappa shape index (κ1) is 14.5. The third-order valence-electron chi connectivity index (χ3n) is 4.78. The van der Waals surface area contributed by atoms with Crippen LogP contribution in [0.5, 0.6) is 0 Å². The predicted octanol–water partition coefficient (Wildman–Crippen LogP) is 3.99. The zero-order valence-corrected chi connectivity index (χ0v) is 12.9. The quantitative estimate of drug-likeness (QED) is 0.841. The molecule has 2 aliphatic heterocycles. The van der Waals surface area contributed by atoms with E-state index in [9.17, 15) is 9.18 Å². The van der Waals surface area contributed by atoms with E-state index in [0.29, 0.717) is 13.0 Å². The molecule has 1 fully saturated rings. The number of benzene rings is 1. The normalized spacial score (nSPS) is 26.0. The van der Waals surface area contributed by atoms with Crippen LogP contribution < -0.4 is 4.90 Å². The summed E-state index contributed by atoms with van der Waals surface area (Å²) < 4.78 is 25.3. The number of hydrogen-bond donors (Lipinski definition) is 0. The van der Waals surface area contributed by atoms with Crippen LogP contribution in [0.4, 0.5) is 10.1 Å². The summed E-state index contributed by atoms with van der Waals surface area (Å²) in [6.45, 7) is 2.44. The van der Waals surface area contributed by atoms with Gasteiger partial charge in [-0.3, -0.25) is 4.79 Å². The highest BCUT2D eigenvalue weighted by Gasteiger charge is 2.48. The molecule has 3 atom stereocenters. The summed E-state index contributed by atoms with van der Waals surface area (Å²) in [5.74, 6) is 0.524. The number of hydrogen-bond acceptors (Lipinski definition) is 3. The van der Waals surface area contributed by atoms with Gasteiger partial charge in [0.2, 0.25) is 5.91 Å². The topological polar surface area (TPSA) is 42.7 Å². The van der Waals surface area contributed by atoms with Crippen LogP contribution in [0.25, 0.3) is 0 Å². The molecule has 0 saturated carbocycles. The van der Waals surface area contributed by atoms with E-state index < -0.39 is 0 Å². The molecule has 0 N–H and O–H groups in total. The zero-order valence-electron chi connectivity index (χ0n) is 12.9. The maximum Gasteiger partial charge on any atom is 0.227 e. The van der Waals surface area contributed by atoms with Crippen molar-refractivity contribution in [2.45, 2.75) is 31.9 Å². The molecule has 1 amide bonds. The maximum atomic E-state index is 13.8. The van der Waals surface area contributed by atoms with Crippen molar-refractivity contribution in [2.75, 3.05) is 11.5 Å². The Hall–Kier alpha value is -2.14. The number of nitrogens with zero attached hydrogens (tertiary/aromatic N) is 1. The van der Waals surface area contributed by atoms with Gasteiger partial charge in [0.25, 0.3) is 0 Å². The van der Waals surface area contributed by atoms with E-state index in [4.69, 9.17) is 9.15 Å². The van der Waals surface area contributed by atoms with Gasteiger partial charge in [0.15, 0.2) is 0 Å². The van der Waals surface area contributed by atoms with Gasteiger partial charge in [0, 0.05) is 24.5 Å². The Balaban J connectivity index is 1.91. The molecule has 3 unspecified atom stereocenters. The predicted molar refractivity (Wildman–Crippen MR) is 82.4 cm³/mol. The number of ether oxygens (including phenoxy) is 1. The number of furan rings is 1. The van der Waals surface area contributed by atoms with Gasteiger partial charge in [-0.25, -0.2) is 4.39 Å². The first-order chi connectivity index (χ1) is 11.2. The molecule has 1 saturated heterocycles. The summed E-state index contributed by atoms with van der Waals surface area (Å²) in [6.07, 6.45) is 2.62. The second-order valence-electron chi connectivity index (χ2n) is 6.02. The number of anilines is 1. The molecule has 0 spiro atoms. The molecule has 1 aromatic carbocycles. The lowest BCUT2D eigenvalue weighted by molar-refractivity contribution is -0.119. The fourth-order valence-electron chi connectivity index (χ4n) is 3.82. The summed E-state index contributed by atoms with van der Waals surface area (Å²) in [7, 11) is 0. The molecule has 4 rings (SSSR count). The number of fused-ring (bicyclic) bond motifs is 3. The molecule has 1 aromatic heterocycles. The Morgan fingerprint density at radius 3 is 3.00 bits per heavy atom. The van der Waals surface area contributed by atoms with Gasteiger partial charge in [0.05, 0.1) is 18.1 Å². The lowest BCUT2D eigenvalue weighted by atomic mass is 9.81. The highest BCUT2D eigenvalue weighted by atomic mass is 19.1. The van der Waals surface area contributed by atoms with Crippen molar-refractivity contribution < 1.29 is 18.3 Å². The van der Waals surface area contributed by atoms with Gasteiger partial charge < -0.3 is 14.1 Å². The van der Waals surface area contributed by atoms with Gasteiger partial charge in [-0.2, -0.15) is 0 Å². The van der Waals surface area contributed by atoms with E-state index in [1.165, 1.54) is 12.1 Å². The highest BCUT2D eigenvalue weighted by Crippen LogP contribution is 2.53. The molecule has 0 radical (unpaired) electrons. The fraction of sp³-hybridized carbons (Fsp3) is 0.389. The zero-order chi connectivity index (χ0) is 16.0. The van der Waals surface area contributed by atoms with Crippen LogP contribution in [0.15, 0.2) is 41.0 Å². The van der Waals surface area contributed by atoms with Crippen molar-refractivity contribution in [1.29, 1.82) is 0 Å². The van der Waals surface area contributed by atoms with Crippen molar-refractivity contribution in [3.63, 3.8) is 0 Å². The molecule has 4 nitrogen and oxygen atoms in total. The van der Waals surface area contributed by atoms with Crippen LogP contribution in [0.2, 0.25) is 0 Å². The van der Waals surface area contributed by atoms with Crippen LogP contribution in [0, 0.1) is 11.7 Å². The SMILES string of the molecule is CCC(=O)N1c2ccc(F)cc2C2OCCC2C1c1ccco1. The van der Waals surface area contributed by atoms with E-state index in [1.807, 2.05) is 19.1 Å². The summed E-state index contributed by atoms with van der Waals surface area (Å²) in [5, 5.41) is 0. The Morgan fingerprint density at radius 1 is 1.39 bits per heavy atom. The third-order valence-corrected chi connectivity index (χ3v) is 4.78. The smallest absolute Gasteiger partial charge is 0.227 e. The molecule has 120 valence electrons. The largest absolute Gasteiger partial charge is 0.467 e. The van der Waals surface area contributed by atoms with Crippen LogP contribution in [-0.2, 0) is 9.53 Å². The average Bonchev–Trinajstić information content (AvgIpc) is 3.24. The van der Waals surface area contributed by atoms with Gasteiger partial charge in [-0.05, 0) is 36.8 Å². The fourth-order valence-corrected chi connectivity index (χ4v) is 3.82. The molecule has 0 bridgehead atoms. The van der Waals surface area contributed by atoms with Crippen molar-refractivity contribution in [3.05, 3.63) is 53.7 Å². The maximum absolute atomic E-state index is 13.8. The standard InChI is InChI=1S/C18H18FNO3/c1-2-16(21)20-14-6-5-11(19)10-13(14)18-12(7-9-23-18)17(20)15-4-3-8-22-15/h3-6,8,10,12,17-18H,2,7,9H2,1H3. The Morgan fingerprint density at radius 2 is 2.26 bits per heavy atom. The van der Waals surface area contributed by atoms with E-state index >= 15 is 0 Å². The number of rotatable bonds is 2. The van der Waals surface area contributed by atoms with Crippen molar-refractivity contribution in [1.82, 2.24) is 0 Å². The number of amides is 1. The monoisotopic (exact) mass is 315 g/mol. The molecular formula is C18H18FNO3. The lowest BCUT2D eigenvalue weighted by Gasteiger charge is -2.42. The van der Waals surface area contributed by atoms with Crippen LogP contribution >= 0.6 is 0 Å². The first-order valence-electron chi connectivity index (χ1n) is 7.97. The van der Waals surface area contributed by atoms with E-state index in [2.05, 4.69) is 0 Å². The molecule has 23 heavy (non-hydrogen) atoms. The van der Waals surface area contributed by atoms with Gasteiger partial charge in [-0.15, -0.1) is 0 Å². The van der Waals surface area contributed by atoms with E-state index in [1.54, 1.807) is 17.2 Å². The minimum atomic E-state index is -0.307. The Kier molecular flexibility index (Phi) is 3.45. The van der Waals surface area contributed by atoms with Crippen LogP contribution in [-0.4, -0.2) is 12.5 Å². The second kappa shape index (κ2) is 5.49. The van der Waals surface area contributed by atoms with Crippen molar-refractivity contribution >= 4 is 11.6 Å². The molecule has 5 heteroatoms. The van der Waals surface area contributed by atoms with Crippen LogP contribution in [0.3, 0.4) is 0 Å². The van der Waals surface area contributed by atoms with Gasteiger partial charge in [0.1, 0.15) is 17.6 Å². The minimum Gasteiger partial charge on any atom is -0.467 e. The Bertz CT molecular complexity index is 728. The average molecular weight is 315 g/mol. The lowest BCUT2D eigenvalue weighted by Crippen LogP contribution is -2.43. The summed E-state index contributed by atoms with van der Waals surface area (Å²) in [6, 6.07) is 8.07. The summed E-state index contributed by atoms with van der Waals surface area (Å²) >= 11 is 0. The van der Waals surface area contributed by atoms with Crippen molar-refractivity contribution in [3.8, 4) is 0 Å². The third kappa shape index (κ3) is 2.18. The van der Waals surface area contributed by atoms with Crippen molar-refractivity contribution in [2.24, 2.45) is 5.92 Å². The molecule has 2 aromatic rings. The molecule has 2 aliphatic rings. The second-order valence-corrected chi connectivity index (χ2v) is 6.02. The summed E-state index contributed by atoms with van der Waals surface area (Å²) in [4.78, 5) is 14.4. The van der Waals surface area contributed by atoms with E-state index in [-0.39, 0.29) is 29.8 Å². The first-order valence-corrected chi connectivity index (χ1v) is 7.97. The van der Waals surface area contributed by atoms with Gasteiger partial charge >= 0.3 is 0 Å². The van der Waals surface area contributed by atoms with Crippen LogP contribution in [0.1, 0.15) is 43.2 Å². The number of carbonyl (C=O) groups is 1. The summed E-state index contributed by atoms with van der Waals surface area (Å²) in [5.41, 5.74) is 1.49. The van der Waals surface area contributed by atoms with E-state index in [0.717, 1.165) is 23.4 Å². The molecule has 3 heterocycles. The minimum absolute atomic E-state index is 0.00427. The Labute approximate surface area is 133 Å². The number of halogens is 1. The highest BCUT2D eigenvalue weighted by molar-refractivity contribution is 5.95. The molecular weight excluding hydrogens is 297 g/mol.